The molecule has 1 aromatic heterocycles. The Bertz CT molecular complexity index is 846. The summed E-state index contributed by atoms with van der Waals surface area (Å²) in [5, 5.41) is 0. The van der Waals surface area contributed by atoms with Crippen molar-refractivity contribution in [2.45, 2.75) is 6.92 Å². The number of para-hydroxylation sites is 1. The van der Waals surface area contributed by atoms with Crippen LogP contribution in [0.15, 0.2) is 52.3 Å². The fourth-order valence-electron chi connectivity index (χ4n) is 2.12. The molecular weight excluding hydrogens is 266 g/mol. The molecule has 0 saturated carbocycles. The molecule has 3 aromatic rings. The second-order valence-corrected chi connectivity index (χ2v) is 4.54. The van der Waals surface area contributed by atoms with Crippen molar-refractivity contribution in [1.29, 1.82) is 0 Å². The largest absolute Gasteiger partial charge is 0.493 e. The lowest BCUT2D eigenvalue weighted by Gasteiger charge is -2.05. The van der Waals surface area contributed by atoms with Gasteiger partial charge in [0, 0.05) is 11.8 Å². The minimum atomic E-state index is -0.215. The number of nitrogens with one attached hydrogen (secondary N) is 2. The summed E-state index contributed by atoms with van der Waals surface area (Å²) >= 11 is 0. The van der Waals surface area contributed by atoms with Crippen LogP contribution in [0.5, 0.6) is 5.75 Å². The fourth-order valence-corrected chi connectivity index (χ4v) is 2.12. The zero-order valence-corrected chi connectivity index (χ0v) is 11.6. The minimum Gasteiger partial charge on any atom is -0.493 e. The third kappa shape index (κ3) is 2.86. The third-order valence-electron chi connectivity index (χ3n) is 3.07. The summed E-state index contributed by atoms with van der Waals surface area (Å²) in [5.74, 6) is 0.805. The molecule has 1 heterocycles. The van der Waals surface area contributed by atoms with Crippen LogP contribution in [0.2, 0.25) is 0 Å². The smallest absolute Gasteiger partial charge is 0.323 e. The van der Waals surface area contributed by atoms with Gasteiger partial charge in [0.15, 0.2) is 0 Å². The molecule has 5 heteroatoms. The second kappa shape index (κ2) is 5.66. The van der Waals surface area contributed by atoms with Crippen molar-refractivity contribution in [2.24, 2.45) is 4.99 Å². The molecule has 0 aliphatic rings. The van der Waals surface area contributed by atoms with Gasteiger partial charge in [-0.1, -0.05) is 12.1 Å². The average molecular weight is 281 g/mol. The summed E-state index contributed by atoms with van der Waals surface area (Å²) in [4.78, 5) is 21.1. The number of imidazole rings is 1. The van der Waals surface area contributed by atoms with E-state index in [1.54, 1.807) is 6.21 Å². The molecule has 0 atom stereocenters. The second-order valence-electron chi connectivity index (χ2n) is 4.54. The van der Waals surface area contributed by atoms with Crippen LogP contribution >= 0.6 is 0 Å². The Morgan fingerprint density at radius 2 is 1.95 bits per heavy atom. The lowest BCUT2D eigenvalue weighted by Crippen LogP contribution is -1.99. The quantitative estimate of drug-likeness (QED) is 0.722. The lowest BCUT2D eigenvalue weighted by atomic mass is 10.2. The average Bonchev–Trinajstić information content (AvgIpc) is 2.86. The highest BCUT2D eigenvalue weighted by atomic mass is 16.5. The first-order valence-corrected chi connectivity index (χ1v) is 6.74. The molecule has 2 N–H and O–H groups in total. The van der Waals surface area contributed by atoms with Crippen LogP contribution in [-0.2, 0) is 0 Å². The molecule has 0 unspecified atom stereocenters. The predicted molar refractivity (Wildman–Crippen MR) is 83.8 cm³/mol. The zero-order valence-electron chi connectivity index (χ0n) is 11.6. The van der Waals surface area contributed by atoms with E-state index in [9.17, 15) is 4.79 Å². The van der Waals surface area contributed by atoms with E-state index in [1.807, 2.05) is 49.4 Å². The highest BCUT2D eigenvalue weighted by molar-refractivity contribution is 5.86. The summed E-state index contributed by atoms with van der Waals surface area (Å²) in [6, 6.07) is 13.2. The summed E-state index contributed by atoms with van der Waals surface area (Å²) in [6.07, 6.45) is 1.76. The molecule has 0 aliphatic heterocycles. The molecule has 0 radical (unpaired) electrons. The summed E-state index contributed by atoms with van der Waals surface area (Å²) in [7, 11) is 0. The Kier molecular flexibility index (Phi) is 3.55. The van der Waals surface area contributed by atoms with Crippen molar-refractivity contribution in [2.75, 3.05) is 6.61 Å². The molecule has 21 heavy (non-hydrogen) atoms. The fraction of sp³-hybridized carbons (Fsp3) is 0.125. The van der Waals surface area contributed by atoms with Crippen molar-refractivity contribution in [1.82, 2.24) is 9.97 Å². The lowest BCUT2D eigenvalue weighted by molar-refractivity contribution is 0.340. The van der Waals surface area contributed by atoms with Crippen molar-refractivity contribution >= 4 is 22.9 Å². The normalized spacial score (nSPS) is 11.3. The monoisotopic (exact) mass is 281 g/mol. The van der Waals surface area contributed by atoms with Gasteiger partial charge in [-0.3, -0.25) is 4.99 Å². The number of fused-ring (bicyclic) bond motifs is 1. The van der Waals surface area contributed by atoms with Gasteiger partial charge in [0.25, 0.3) is 0 Å². The van der Waals surface area contributed by atoms with Crippen LogP contribution in [0, 0.1) is 0 Å². The van der Waals surface area contributed by atoms with E-state index >= 15 is 0 Å². The van der Waals surface area contributed by atoms with E-state index in [2.05, 4.69) is 15.0 Å². The number of H-pyrrole nitrogens is 2. The number of hydrogen-bond donors (Lipinski definition) is 2. The first-order valence-electron chi connectivity index (χ1n) is 6.74. The van der Waals surface area contributed by atoms with Gasteiger partial charge >= 0.3 is 5.69 Å². The minimum absolute atomic E-state index is 0.215. The molecule has 2 aromatic carbocycles. The summed E-state index contributed by atoms with van der Waals surface area (Å²) < 4.78 is 5.56. The standard InChI is InChI=1S/C16H15N3O2/c1-2-21-15-6-4-3-5-11(15)10-17-12-7-8-13-14(9-12)19-16(20)18-13/h3-10H,2H2,1H3,(H2,18,19,20). The van der Waals surface area contributed by atoms with Crippen molar-refractivity contribution in [3.63, 3.8) is 0 Å². The number of hydrogen-bond acceptors (Lipinski definition) is 3. The molecule has 0 saturated heterocycles. The highest BCUT2D eigenvalue weighted by Gasteiger charge is 2.01. The van der Waals surface area contributed by atoms with Gasteiger partial charge in [0.1, 0.15) is 5.75 Å². The first-order chi connectivity index (χ1) is 10.3. The van der Waals surface area contributed by atoms with E-state index in [0.717, 1.165) is 28.0 Å². The molecule has 0 spiro atoms. The van der Waals surface area contributed by atoms with Gasteiger partial charge in [-0.15, -0.1) is 0 Å². The maximum absolute atomic E-state index is 11.2. The molecule has 0 bridgehead atoms. The maximum atomic E-state index is 11.2. The predicted octanol–water partition coefficient (Wildman–Crippen LogP) is 3.01. The van der Waals surface area contributed by atoms with Crippen LogP contribution in [0.25, 0.3) is 11.0 Å². The number of aliphatic imine (C=N–C) groups is 1. The van der Waals surface area contributed by atoms with E-state index in [0.29, 0.717) is 6.61 Å². The number of nitrogens with zero attached hydrogens (tertiary/aromatic N) is 1. The van der Waals surface area contributed by atoms with Crippen LogP contribution in [0.1, 0.15) is 12.5 Å². The SMILES string of the molecule is CCOc1ccccc1C=Nc1ccc2[nH]c(=O)[nH]c2c1. The number of aromatic nitrogens is 2. The van der Waals surface area contributed by atoms with Crippen LogP contribution in [0.4, 0.5) is 5.69 Å². The Morgan fingerprint density at radius 3 is 2.81 bits per heavy atom. The number of rotatable bonds is 4. The first kappa shape index (κ1) is 13.2. The number of benzene rings is 2. The molecule has 0 aliphatic carbocycles. The molecular formula is C16H15N3O2. The van der Waals surface area contributed by atoms with Gasteiger partial charge in [0.2, 0.25) is 0 Å². The van der Waals surface area contributed by atoms with Crippen LogP contribution in [0.3, 0.4) is 0 Å². The van der Waals surface area contributed by atoms with E-state index in [-0.39, 0.29) is 5.69 Å². The van der Waals surface area contributed by atoms with Crippen molar-refractivity contribution in [3.05, 3.63) is 58.5 Å². The van der Waals surface area contributed by atoms with Gasteiger partial charge < -0.3 is 14.7 Å². The highest BCUT2D eigenvalue weighted by Crippen LogP contribution is 2.20. The van der Waals surface area contributed by atoms with Crippen LogP contribution in [-0.4, -0.2) is 22.8 Å². The summed E-state index contributed by atoms with van der Waals surface area (Å²) in [6.45, 7) is 2.56. The van der Waals surface area contributed by atoms with Gasteiger partial charge in [0.05, 0.1) is 23.3 Å². The molecule has 0 amide bonds. The molecule has 3 rings (SSSR count). The number of aromatic amines is 2. The van der Waals surface area contributed by atoms with Crippen molar-refractivity contribution < 1.29 is 4.74 Å². The Hall–Kier alpha value is -2.82. The zero-order chi connectivity index (χ0) is 14.7. The van der Waals surface area contributed by atoms with E-state index in [1.165, 1.54) is 0 Å². The Labute approximate surface area is 121 Å². The Morgan fingerprint density at radius 1 is 1.14 bits per heavy atom. The Balaban J connectivity index is 1.92. The maximum Gasteiger partial charge on any atom is 0.323 e. The van der Waals surface area contributed by atoms with Crippen LogP contribution < -0.4 is 10.4 Å². The topological polar surface area (TPSA) is 70.2 Å². The van der Waals surface area contributed by atoms with Gasteiger partial charge in [-0.05, 0) is 37.3 Å². The van der Waals surface area contributed by atoms with Crippen molar-refractivity contribution in [3.8, 4) is 5.75 Å². The summed E-state index contributed by atoms with van der Waals surface area (Å²) in [5.41, 5.74) is 2.99. The molecule has 106 valence electrons. The van der Waals surface area contributed by atoms with E-state index in [4.69, 9.17) is 4.74 Å². The molecule has 0 fully saturated rings. The number of ether oxygens (including phenoxy) is 1. The van der Waals surface area contributed by atoms with E-state index < -0.39 is 0 Å². The molecule has 5 nitrogen and oxygen atoms in total. The van der Waals surface area contributed by atoms with Gasteiger partial charge in [-0.2, -0.15) is 0 Å². The van der Waals surface area contributed by atoms with Gasteiger partial charge in [-0.25, -0.2) is 4.79 Å². The third-order valence-corrected chi connectivity index (χ3v) is 3.07.